The molecule has 2 aliphatic rings. The van der Waals surface area contributed by atoms with Gasteiger partial charge in [0.25, 0.3) is 0 Å². The molecular weight excluding hydrogens is 385 g/mol. The maximum absolute atomic E-state index is 14.5. The van der Waals surface area contributed by atoms with Crippen molar-refractivity contribution in [3.05, 3.63) is 36.3 Å². The molecule has 3 heterocycles. The third-order valence-electron chi connectivity index (χ3n) is 5.11. The Hall–Kier alpha value is -2.23. The fourth-order valence-electron chi connectivity index (χ4n) is 3.52. The first-order valence-electron chi connectivity index (χ1n) is 9.16. The summed E-state index contributed by atoms with van der Waals surface area (Å²) >= 11 is 0. The summed E-state index contributed by atoms with van der Waals surface area (Å²) < 4.78 is 51.5. The molecule has 1 aromatic carbocycles. The van der Waals surface area contributed by atoms with E-state index in [1.165, 1.54) is 12.3 Å². The van der Waals surface area contributed by atoms with Gasteiger partial charge in [0, 0.05) is 43.2 Å². The molecule has 4 rings (SSSR count). The third kappa shape index (κ3) is 3.69. The summed E-state index contributed by atoms with van der Waals surface area (Å²) in [5.41, 5.74) is 6.93. The lowest BCUT2D eigenvalue weighted by atomic mass is 10.1. The molecule has 7 nitrogen and oxygen atoms in total. The van der Waals surface area contributed by atoms with Crippen LogP contribution in [0.3, 0.4) is 0 Å². The lowest BCUT2D eigenvalue weighted by Crippen LogP contribution is -2.36. The van der Waals surface area contributed by atoms with Crippen molar-refractivity contribution in [3.63, 3.8) is 0 Å². The van der Waals surface area contributed by atoms with Crippen LogP contribution in [0.2, 0.25) is 0 Å². The average Bonchev–Trinajstić information content (AvgIpc) is 3.24. The van der Waals surface area contributed by atoms with Gasteiger partial charge in [0.05, 0.1) is 30.0 Å². The highest BCUT2D eigenvalue weighted by molar-refractivity contribution is 7.92. The number of aromatic nitrogens is 1. The molecule has 28 heavy (non-hydrogen) atoms. The van der Waals surface area contributed by atoms with Gasteiger partial charge < -0.3 is 20.1 Å². The van der Waals surface area contributed by atoms with Gasteiger partial charge in [0.1, 0.15) is 11.6 Å². The van der Waals surface area contributed by atoms with Crippen molar-refractivity contribution in [1.82, 2.24) is 4.98 Å². The highest BCUT2D eigenvalue weighted by Crippen LogP contribution is 2.33. The Labute approximate surface area is 163 Å². The molecule has 1 unspecified atom stereocenters. The molecule has 2 aliphatic heterocycles. The molecule has 150 valence electrons. The van der Waals surface area contributed by atoms with Crippen LogP contribution in [0.1, 0.15) is 6.42 Å². The zero-order valence-corrected chi connectivity index (χ0v) is 16.1. The molecule has 0 bridgehead atoms. The zero-order chi connectivity index (χ0) is 19.7. The van der Waals surface area contributed by atoms with Gasteiger partial charge in [0.15, 0.2) is 9.84 Å². The summed E-state index contributed by atoms with van der Waals surface area (Å²) in [6.07, 6.45) is 1.79. The number of sulfone groups is 1. The standard InChI is InChI=1S/C19H22FN3O4S/c20-18-10-19(21)22-11-17(18)13-7-14(23-2-5-26-6-3-23)9-16(8-13)28(24,25)15-1-4-27-12-15/h7-11,15H,1-6,12H2,(H2,21,22). The Balaban J connectivity index is 1.83. The van der Waals surface area contributed by atoms with Crippen LogP contribution in [0, 0.1) is 5.82 Å². The summed E-state index contributed by atoms with van der Waals surface area (Å²) in [5, 5.41) is -0.588. The Morgan fingerprint density at radius 2 is 1.89 bits per heavy atom. The van der Waals surface area contributed by atoms with Gasteiger partial charge in [0.2, 0.25) is 0 Å². The molecule has 2 N–H and O–H groups in total. The van der Waals surface area contributed by atoms with Gasteiger partial charge >= 0.3 is 0 Å². The van der Waals surface area contributed by atoms with Crippen LogP contribution >= 0.6 is 0 Å². The SMILES string of the molecule is Nc1cc(F)c(-c2cc(N3CCOCC3)cc(S(=O)(=O)C3CCOC3)c2)cn1. The van der Waals surface area contributed by atoms with E-state index < -0.39 is 20.9 Å². The van der Waals surface area contributed by atoms with E-state index in [1.807, 2.05) is 4.90 Å². The van der Waals surface area contributed by atoms with Crippen LogP contribution in [-0.2, 0) is 19.3 Å². The number of ether oxygens (including phenoxy) is 2. The Morgan fingerprint density at radius 1 is 1.11 bits per heavy atom. The molecule has 1 atom stereocenters. The van der Waals surface area contributed by atoms with Gasteiger partial charge in [-0.3, -0.25) is 0 Å². The maximum atomic E-state index is 14.5. The molecule has 0 saturated carbocycles. The smallest absolute Gasteiger partial charge is 0.183 e. The Kier molecular flexibility index (Phi) is 5.22. The van der Waals surface area contributed by atoms with E-state index in [4.69, 9.17) is 15.2 Å². The third-order valence-corrected chi connectivity index (χ3v) is 7.25. The van der Waals surface area contributed by atoms with Gasteiger partial charge in [-0.2, -0.15) is 0 Å². The number of morpholine rings is 1. The topological polar surface area (TPSA) is 94.8 Å². The molecule has 2 fully saturated rings. The number of halogens is 1. The van der Waals surface area contributed by atoms with Crippen LogP contribution in [0.4, 0.5) is 15.9 Å². The summed E-state index contributed by atoms with van der Waals surface area (Å²) in [5.74, 6) is -0.472. The quantitative estimate of drug-likeness (QED) is 0.827. The average molecular weight is 407 g/mol. The minimum absolute atomic E-state index is 0.0709. The Morgan fingerprint density at radius 3 is 2.57 bits per heavy atom. The lowest BCUT2D eigenvalue weighted by molar-refractivity contribution is 0.122. The van der Waals surface area contributed by atoms with E-state index in [0.717, 1.165) is 11.8 Å². The lowest BCUT2D eigenvalue weighted by Gasteiger charge is -2.29. The number of nitrogens with two attached hydrogens (primary N) is 1. The van der Waals surface area contributed by atoms with Gasteiger partial charge in [-0.05, 0) is 30.2 Å². The summed E-state index contributed by atoms with van der Waals surface area (Å²) in [4.78, 5) is 6.17. The summed E-state index contributed by atoms with van der Waals surface area (Å²) in [6.45, 7) is 2.99. The first kappa shape index (κ1) is 19.1. The van der Waals surface area contributed by atoms with Crippen molar-refractivity contribution in [1.29, 1.82) is 0 Å². The number of rotatable bonds is 4. The normalized spacial score (nSPS) is 20.5. The number of pyridine rings is 1. The Bertz CT molecular complexity index is 971. The van der Waals surface area contributed by atoms with Crippen LogP contribution in [0.25, 0.3) is 11.1 Å². The van der Waals surface area contributed by atoms with Crippen molar-refractivity contribution >= 4 is 21.3 Å². The first-order chi connectivity index (χ1) is 13.4. The molecule has 1 aromatic heterocycles. The van der Waals surface area contributed by atoms with Crippen LogP contribution in [0.5, 0.6) is 0 Å². The van der Waals surface area contributed by atoms with Gasteiger partial charge in [-0.25, -0.2) is 17.8 Å². The molecule has 0 radical (unpaired) electrons. The van der Waals surface area contributed by atoms with Gasteiger partial charge in [-0.15, -0.1) is 0 Å². The molecular formula is C19H22FN3O4S. The first-order valence-corrected chi connectivity index (χ1v) is 10.7. The van der Waals surface area contributed by atoms with Crippen molar-refractivity contribution in [2.24, 2.45) is 0 Å². The van der Waals surface area contributed by atoms with E-state index in [9.17, 15) is 12.8 Å². The van der Waals surface area contributed by atoms with Crippen molar-refractivity contribution in [2.75, 3.05) is 50.2 Å². The minimum Gasteiger partial charge on any atom is -0.384 e. The predicted molar refractivity (Wildman–Crippen MR) is 103 cm³/mol. The zero-order valence-electron chi connectivity index (χ0n) is 15.3. The van der Waals surface area contributed by atoms with Gasteiger partial charge in [-0.1, -0.05) is 0 Å². The van der Waals surface area contributed by atoms with Crippen molar-refractivity contribution < 1.29 is 22.3 Å². The van der Waals surface area contributed by atoms with E-state index in [1.54, 1.807) is 12.1 Å². The van der Waals surface area contributed by atoms with E-state index >= 15 is 0 Å². The second kappa shape index (κ2) is 7.65. The molecule has 0 amide bonds. The fourth-order valence-corrected chi connectivity index (χ4v) is 5.16. The predicted octanol–water partition coefficient (Wildman–Crippen LogP) is 1.87. The van der Waals surface area contributed by atoms with Crippen LogP contribution < -0.4 is 10.6 Å². The molecule has 2 aromatic rings. The van der Waals surface area contributed by atoms with E-state index in [-0.39, 0.29) is 22.9 Å². The largest absolute Gasteiger partial charge is 0.384 e. The number of nitrogen functional groups attached to an aromatic ring is 1. The number of hydrogen-bond donors (Lipinski definition) is 1. The molecule has 2 saturated heterocycles. The number of nitrogens with zero attached hydrogens (tertiary/aromatic N) is 2. The number of benzene rings is 1. The second-order valence-corrected chi connectivity index (χ2v) is 9.16. The second-order valence-electron chi connectivity index (χ2n) is 6.93. The molecule has 0 spiro atoms. The number of anilines is 2. The molecule has 9 heteroatoms. The highest BCUT2D eigenvalue weighted by atomic mass is 32.2. The maximum Gasteiger partial charge on any atom is 0.183 e. The van der Waals surface area contributed by atoms with Crippen molar-refractivity contribution in [2.45, 2.75) is 16.6 Å². The number of hydrogen-bond acceptors (Lipinski definition) is 7. The van der Waals surface area contributed by atoms with Crippen molar-refractivity contribution in [3.8, 4) is 11.1 Å². The summed E-state index contributed by atoms with van der Waals surface area (Å²) in [6, 6.07) is 6.08. The minimum atomic E-state index is -3.60. The van der Waals surface area contributed by atoms with Crippen LogP contribution in [-0.4, -0.2) is 58.2 Å². The molecule has 0 aliphatic carbocycles. The fraction of sp³-hybridized carbons (Fsp3) is 0.421. The van der Waals surface area contributed by atoms with Crippen LogP contribution in [0.15, 0.2) is 35.4 Å². The summed E-state index contributed by atoms with van der Waals surface area (Å²) in [7, 11) is -3.60. The highest BCUT2D eigenvalue weighted by Gasteiger charge is 2.32. The van der Waals surface area contributed by atoms with E-state index in [2.05, 4.69) is 4.98 Å². The van der Waals surface area contributed by atoms with E-state index in [0.29, 0.717) is 44.9 Å². The monoisotopic (exact) mass is 407 g/mol.